The SMILES string of the molecule is O=C1C=CC(C(=O)Nc2nc(CCC(=O)Nc3nc4c(s3)CCCC4)cs2)C=N1. The van der Waals surface area contributed by atoms with Crippen LogP contribution in [0.15, 0.2) is 22.5 Å². The van der Waals surface area contributed by atoms with Gasteiger partial charge in [0.1, 0.15) is 0 Å². The molecule has 0 radical (unpaired) electrons. The number of thiazole rings is 2. The molecule has 1 aliphatic heterocycles. The van der Waals surface area contributed by atoms with Crippen molar-refractivity contribution in [2.24, 2.45) is 10.9 Å². The molecule has 3 heterocycles. The van der Waals surface area contributed by atoms with Gasteiger partial charge in [-0.1, -0.05) is 6.08 Å². The molecule has 0 saturated carbocycles. The Hall–Kier alpha value is -2.72. The van der Waals surface area contributed by atoms with Crippen molar-refractivity contribution in [3.8, 4) is 0 Å². The zero-order chi connectivity index (χ0) is 20.2. The Kier molecular flexibility index (Phi) is 5.91. The number of nitrogens with zero attached hydrogens (tertiary/aromatic N) is 3. The molecule has 2 aromatic rings. The summed E-state index contributed by atoms with van der Waals surface area (Å²) in [7, 11) is 0. The summed E-state index contributed by atoms with van der Waals surface area (Å²) in [4.78, 5) is 49.2. The van der Waals surface area contributed by atoms with E-state index in [1.54, 1.807) is 11.3 Å². The number of carbonyl (C=O) groups is 3. The number of amides is 3. The first-order valence-electron chi connectivity index (χ1n) is 9.37. The maximum absolute atomic E-state index is 12.2. The fraction of sp³-hybridized carbons (Fsp3) is 0.368. The van der Waals surface area contributed by atoms with Crippen LogP contribution in [0.2, 0.25) is 0 Å². The second-order valence-electron chi connectivity index (χ2n) is 6.78. The molecule has 2 aromatic heterocycles. The van der Waals surface area contributed by atoms with E-state index in [9.17, 15) is 14.4 Å². The van der Waals surface area contributed by atoms with Crippen molar-refractivity contribution < 1.29 is 14.4 Å². The monoisotopic (exact) mass is 429 g/mol. The normalized spacial score (nSPS) is 17.8. The Morgan fingerprint density at radius 3 is 2.79 bits per heavy atom. The Balaban J connectivity index is 1.26. The number of aromatic nitrogens is 2. The molecule has 150 valence electrons. The van der Waals surface area contributed by atoms with Crippen molar-refractivity contribution in [1.82, 2.24) is 9.97 Å². The number of hydrogen-bond donors (Lipinski definition) is 2. The highest BCUT2D eigenvalue weighted by Gasteiger charge is 2.19. The van der Waals surface area contributed by atoms with Crippen molar-refractivity contribution in [3.63, 3.8) is 0 Å². The minimum absolute atomic E-state index is 0.0945. The molecule has 2 aliphatic rings. The van der Waals surface area contributed by atoms with E-state index < -0.39 is 5.92 Å². The van der Waals surface area contributed by atoms with E-state index in [-0.39, 0.29) is 17.7 Å². The van der Waals surface area contributed by atoms with Crippen molar-refractivity contribution in [2.45, 2.75) is 38.5 Å². The topological polar surface area (TPSA) is 113 Å². The first-order valence-corrected chi connectivity index (χ1v) is 11.1. The van der Waals surface area contributed by atoms with E-state index in [4.69, 9.17) is 0 Å². The largest absolute Gasteiger partial charge is 0.302 e. The maximum Gasteiger partial charge on any atom is 0.269 e. The number of carbonyl (C=O) groups excluding carboxylic acids is 3. The van der Waals surface area contributed by atoms with Crippen LogP contribution in [0.5, 0.6) is 0 Å². The number of fused-ring (bicyclic) bond motifs is 1. The van der Waals surface area contributed by atoms with Gasteiger partial charge in [0.15, 0.2) is 10.3 Å². The van der Waals surface area contributed by atoms with Crippen LogP contribution in [0.3, 0.4) is 0 Å². The molecular weight excluding hydrogens is 410 g/mol. The van der Waals surface area contributed by atoms with Gasteiger partial charge in [-0.15, -0.1) is 22.7 Å². The Morgan fingerprint density at radius 1 is 1.14 bits per heavy atom. The summed E-state index contributed by atoms with van der Waals surface area (Å²) in [6.45, 7) is 0. The highest BCUT2D eigenvalue weighted by atomic mass is 32.1. The first kappa shape index (κ1) is 19.6. The molecule has 29 heavy (non-hydrogen) atoms. The molecule has 0 fully saturated rings. The molecule has 8 nitrogen and oxygen atoms in total. The average Bonchev–Trinajstić information content (AvgIpc) is 3.32. The third kappa shape index (κ3) is 5.01. The predicted molar refractivity (Wildman–Crippen MR) is 113 cm³/mol. The standard InChI is InChI=1S/C19H19N5O3S2/c25-15-7-5-11(9-20-15)17(27)24-18-21-12(10-28-18)6-8-16(26)23-19-22-13-3-1-2-4-14(13)29-19/h5,7,9-11H,1-4,6,8H2,(H,21,24,27)(H,22,23,26). The van der Waals surface area contributed by atoms with Crippen LogP contribution < -0.4 is 10.6 Å². The maximum atomic E-state index is 12.2. The van der Waals surface area contributed by atoms with Crippen LogP contribution in [0.1, 0.15) is 35.5 Å². The van der Waals surface area contributed by atoms with E-state index in [1.165, 1.54) is 41.0 Å². The zero-order valence-corrected chi connectivity index (χ0v) is 17.1. The van der Waals surface area contributed by atoms with E-state index in [2.05, 4.69) is 25.6 Å². The van der Waals surface area contributed by atoms with Gasteiger partial charge in [0.25, 0.3) is 5.91 Å². The average molecular weight is 430 g/mol. The fourth-order valence-electron chi connectivity index (χ4n) is 3.08. The van der Waals surface area contributed by atoms with Crippen LogP contribution >= 0.6 is 22.7 Å². The van der Waals surface area contributed by atoms with E-state index >= 15 is 0 Å². The molecule has 1 atom stereocenters. The van der Waals surface area contributed by atoms with Crippen molar-refractivity contribution in [3.05, 3.63) is 33.8 Å². The van der Waals surface area contributed by atoms with E-state index in [0.717, 1.165) is 30.7 Å². The number of hydrogen-bond acceptors (Lipinski definition) is 7. The van der Waals surface area contributed by atoms with Crippen molar-refractivity contribution >= 4 is 56.9 Å². The summed E-state index contributed by atoms with van der Waals surface area (Å²) in [5.74, 6) is -1.36. The molecule has 4 rings (SSSR count). The van der Waals surface area contributed by atoms with Gasteiger partial charge >= 0.3 is 0 Å². The fourth-order valence-corrected chi connectivity index (χ4v) is 4.90. The van der Waals surface area contributed by atoms with Crippen molar-refractivity contribution in [1.29, 1.82) is 0 Å². The Morgan fingerprint density at radius 2 is 2.00 bits per heavy atom. The van der Waals surface area contributed by atoms with Gasteiger partial charge in [-0.3, -0.25) is 14.4 Å². The first-order chi connectivity index (χ1) is 14.1. The summed E-state index contributed by atoms with van der Waals surface area (Å²) in [5.41, 5.74) is 1.86. The van der Waals surface area contributed by atoms with Crippen LogP contribution in [0, 0.1) is 5.92 Å². The van der Waals surface area contributed by atoms with Gasteiger partial charge < -0.3 is 10.6 Å². The quantitative estimate of drug-likeness (QED) is 0.733. The number of nitrogens with one attached hydrogen (secondary N) is 2. The second-order valence-corrected chi connectivity index (χ2v) is 8.72. The summed E-state index contributed by atoms with van der Waals surface area (Å²) < 4.78 is 0. The number of aryl methyl sites for hydroxylation is 3. The lowest BCUT2D eigenvalue weighted by molar-refractivity contribution is -0.117. The second kappa shape index (κ2) is 8.75. The molecule has 0 saturated heterocycles. The van der Waals surface area contributed by atoms with E-state index in [0.29, 0.717) is 23.1 Å². The molecule has 0 aromatic carbocycles. The van der Waals surface area contributed by atoms with Gasteiger partial charge in [0, 0.05) is 29.0 Å². The van der Waals surface area contributed by atoms with Gasteiger partial charge in [0.05, 0.1) is 17.3 Å². The Bertz CT molecular complexity index is 968. The van der Waals surface area contributed by atoms with Gasteiger partial charge in [-0.25, -0.2) is 15.0 Å². The smallest absolute Gasteiger partial charge is 0.269 e. The highest BCUT2D eigenvalue weighted by Crippen LogP contribution is 2.29. The van der Waals surface area contributed by atoms with Crippen LogP contribution in [0.25, 0.3) is 0 Å². The Labute approximate surface area is 175 Å². The lowest BCUT2D eigenvalue weighted by atomic mass is 10.0. The molecule has 3 amide bonds. The lowest BCUT2D eigenvalue weighted by Gasteiger charge is -2.08. The number of rotatable bonds is 6. The lowest BCUT2D eigenvalue weighted by Crippen LogP contribution is -2.24. The molecule has 2 N–H and O–H groups in total. The summed E-state index contributed by atoms with van der Waals surface area (Å²) in [5, 5.41) is 8.54. The van der Waals surface area contributed by atoms with Gasteiger partial charge in [-0.2, -0.15) is 0 Å². The van der Waals surface area contributed by atoms with Gasteiger partial charge in [0.2, 0.25) is 11.8 Å². The minimum atomic E-state index is -0.588. The molecular formula is C19H19N5O3S2. The molecule has 0 bridgehead atoms. The molecule has 1 unspecified atom stereocenters. The molecule has 1 aliphatic carbocycles. The number of anilines is 2. The van der Waals surface area contributed by atoms with Gasteiger partial charge in [-0.05, 0) is 32.1 Å². The van der Waals surface area contributed by atoms with Crippen LogP contribution in [-0.2, 0) is 33.6 Å². The summed E-state index contributed by atoms with van der Waals surface area (Å²) in [6, 6.07) is 0. The van der Waals surface area contributed by atoms with E-state index in [1.807, 2.05) is 5.38 Å². The minimum Gasteiger partial charge on any atom is -0.302 e. The third-order valence-electron chi connectivity index (χ3n) is 4.59. The number of aliphatic imine (C=N–C) groups is 1. The predicted octanol–water partition coefficient (Wildman–Crippen LogP) is 2.77. The van der Waals surface area contributed by atoms with Crippen molar-refractivity contribution in [2.75, 3.05) is 10.6 Å². The molecule has 10 heteroatoms. The highest BCUT2D eigenvalue weighted by molar-refractivity contribution is 7.16. The molecule has 0 spiro atoms. The zero-order valence-electron chi connectivity index (χ0n) is 15.5. The summed E-state index contributed by atoms with van der Waals surface area (Å²) >= 11 is 2.86. The third-order valence-corrected chi connectivity index (χ3v) is 6.47. The number of dihydropyridines is 1. The van der Waals surface area contributed by atoms with Crippen LogP contribution in [0.4, 0.5) is 10.3 Å². The van der Waals surface area contributed by atoms with Crippen LogP contribution in [-0.4, -0.2) is 33.9 Å². The summed E-state index contributed by atoms with van der Waals surface area (Å²) in [6.07, 6.45) is 9.25.